The number of hydrogen-bond acceptors (Lipinski definition) is 4. The Morgan fingerprint density at radius 3 is 2.63 bits per heavy atom. The van der Waals surface area contributed by atoms with Gasteiger partial charge in [-0.1, -0.05) is 0 Å². The van der Waals surface area contributed by atoms with E-state index in [0.717, 1.165) is 0 Å². The summed E-state index contributed by atoms with van der Waals surface area (Å²) in [6.07, 6.45) is 0. The monoisotopic (exact) mass is 325 g/mol. The molecule has 0 aliphatic heterocycles. The average molecular weight is 326 g/mol. The molecule has 2 aromatic rings. The van der Waals surface area contributed by atoms with Crippen molar-refractivity contribution in [1.82, 2.24) is 9.97 Å². The topological polar surface area (TPSA) is 89.1 Å². The summed E-state index contributed by atoms with van der Waals surface area (Å²) in [5.74, 6) is -1.46. The number of aromatic carboxylic acids is 1. The van der Waals surface area contributed by atoms with Gasteiger partial charge in [-0.15, -0.1) is 0 Å². The molecule has 0 fully saturated rings. The number of aromatic nitrogens is 2. The second kappa shape index (κ2) is 4.93. The minimum atomic E-state index is -1.18. The van der Waals surface area contributed by atoms with Gasteiger partial charge in [0.2, 0.25) is 0 Å². The fourth-order valence-corrected chi connectivity index (χ4v) is 2.18. The van der Waals surface area contributed by atoms with Crippen LogP contribution in [0, 0.1) is 12.7 Å². The second-order valence-electron chi connectivity index (χ2n) is 3.82. The Kier molecular flexibility index (Phi) is 3.48. The van der Waals surface area contributed by atoms with Crippen molar-refractivity contribution < 1.29 is 14.3 Å². The molecular weight excluding hydrogens is 317 g/mol. The van der Waals surface area contributed by atoms with Gasteiger partial charge in [0.15, 0.2) is 5.82 Å². The average Bonchev–Trinajstić information content (AvgIpc) is 2.26. The molecular formula is C12H9BrFN3O2. The number of rotatable bonds is 2. The van der Waals surface area contributed by atoms with Gasteiger partial charge >= 0.3 is 5.97 Å². The number of carboxylic acids is 1. The molecule has 0 aliphatic carbocycles. The Bertz CT molecular complexity index is 653. The molecule has 0 bridgehead atoms. The highest BCUT2D eigenvalue weighted by Crippen LogP contribution is 2.28. The van der Waals surface area contributed by atoms with Gasteiger partial charge in [-0.2, -0.15) is 0 Å². The number of halogens is 2. The molecule has 7 heteroatoms. The van der Waals surface area contributed by atoms with E-state index in [1.165, 1.54) is 25.1 Å². The maximum absolute atomic E-state index is 13.0. The Morgan fingerprint density at radius 1 is 1.42 bits per heavy atom. The molecule has 0 saturated carbocycles. The highest BCUT2D eigenvalue weighted by atomic mass is 79.9. The summed E-state index contributed by atoms with van der Waals surface area (Å²) in [5, 5.41) is 8.98. The minimum absolute atomic E-state index is 0.119. The third kappa shape index (κ3) is 2.55. The Morgan fingerprint density at radius 2 is 2.11 bits per heavy atom. The molecule has 98 valence electrons. The summed E-state index contributed by atoms with van der Waals surface area (Å²) in [4.78, 5) is 19.0. The van der Waals surface area contributed by atoms with Crippen LogP contribution in [0.5, 0.6) is 0 Å². The van der Waals surface area contributed by atoms with Crippen LogP contribution in [0.15, 0.2) is 22.7 Å². The molecule has 3 N–H and O–H groups in total. The predicted molar refractivity (Wildman–Crippen MR) is 71.2 cm³/mol. The fraction of sp³-hybridized carbons (Fsp3) is 0.0833. The number of benzene rings is 1. The zero-order chi connectivity index (χ0) is 14.2. The van der Waals surface area contributed by atoms with Gasteiger partial charge in [-0.25, -0.2) is 19.2 Å². The number of nitrogens with two attached hydrogens (primary N) is 1. The van der Waals surface area contributed by atoms with Gasteiger partial charge in [-0.05, 0) is 41.1 Å². The van der Waals surface area contributed by atoms with E-state index in [2.05, 4.69) is 25.9 Å². The van der Waals surface area contributed by atoms with E-state index in [1.807, 2.05) is 0 Å². The zero-order valence-corrected chi connectivity index (χ0v) is 11.4. The molecule has 0 radical (unpaired) electrons. The van der Waals surface area contributed by atoms with Crippen molar-refractivity contribution in [1.29, 1.82) is 0 Å². The molecule has 2 rings (SSSR count). The van der Waals surface area contributed by atoms with Gasteiger partial charge in [0.25, 0.3) is 0 Å². The van der Waals surface area contributed by atoms with Gasteiger partial charge in [0.05, 0.1) is 5.69 Å². The minimum Gasteiger partial charge on any atom is -0.477 e. The summed E-state index contributed by atoms with van der Waals surface area (Å²) in [5.41, 5.74) is 6.29. The molecule has 0 amide bonds. The van der Waals surface area contributed by atoms with E-state index < -0.39 is 11.8 Å². The lowest BCUT2D eigenvalue weighted by Gasteiger charge is -2.08. The normalized spacial score (nSPS) is 10.5. The lowest BCUT2D eigenvalue weighted by Crippen LogP contribution is -2.10. The maximum atomic E-state index is 13.0. The van der Waals surface area contributed by atoms with Crippen LogP contribution in [-0.4, -0.2) is 21.0 Å². The second-order valence-corrected chi connectivity index (χ2v) is 4.68. The van der Waals surface area contributed by atoms with E-state index in [1.54, 1.807) is 0 Å². The van der Waals surface area contributed by atoms with Crippen LogP contribution in [0.25, 0.3) is 11.4 Å². The van der Waals surface area contributed by atoms with Crippen molar-refractivity contribution in [2.45, 2.75) is 6.92 Å². The lowest BCUT2D eigenvalue weighted by molar-refractivity contribution is 0.0696. The Hall–Kier alpha value is -2.02. The third-order valence-corrected chi connectivity index (χ3v) is 3.16. The molecule has 0 spiro atoms. The van der Waals surface area contributed by atoms with Crippen LogP contribution >= 0.6 is 15.9 Å². The largest absolute Gasteiger partial charge is 0.477 e. The highest BCUT2D eigenvalue weighted by Gasteiger charge is 2.17. The maximum Gasteiger partial charge on any atom is 0.341 e. The molecule has 0 atom stereocenters. The molecule has 0 unspecified atom stereocenters. The molecule has 1 heterocycles. The summed E-state index contributed by atoms with van der Waals surface area (Å²) in [6.45, 7) is 1.53. The van der Waals surface area contributed by atoms with E-state index in [9.17, 15) is 9.18 Å². The van der Waals surface area contributed by atoms with Crippen molar-refractivity contribution in [2.24, 2.45) is 0 Å². The van der Waals surface area contributed by atoms with Crippen LogP contribution in [0.1, 0.15) is 16.1 Å². The molecule has 0 saturated heterocycles. The van der Waals surface area contributed by atoms with Crippen LogP contribution in [0.2, 0.25) is 0 Å². The van der Waals surface area contributed by atoms with Crippen molar-refractivity contribution in [3.8, 4) is 11.4 Å². The van der Waals surface area contributed by atoms with Crippen molar-refractivity contribution in [2.75, 3.05) is 5.73 Å². The number of anilines is 1. The van der Waals surface area contributed by atoms with Crippen LogP contribution in [-0.2, 0) is 0 Å². The molecule has 5 nitrogen and oxygen atoms in total. The number of aryl methyl sites for hydroxylation is 1. The van der Waals surface area contributed by atoms with E-state index in [-0.39, 0.29) is 22.9 Å². The third-order valence-electron chi connectivity index (χ3n) is 2.50. The summed E-state index contributed by atoms with van der Waals surface area (Å²) in [7, 11) is 0. The summed E-state index contributed by atoms with van der Waals surface area (Å²) >= 11 is 3.20. The van der Waals surface area contributed by atoms with Crippen LogP contribution < -0.4 is 5.73 Å². The quantitative estimate of drug-likeness (QED) is 0.885. The molecule has 19 heavy (non-hydrogen) atoms. The van der Waals surface area contributed by atoms with Gasteiger partial charge < -0.3 is 10.8 Å². The first-order valence-corrected chi connectivity index (χ1v) is 6.02. The van der Waals surface area contributed by atoms with E-state index >= 15 is 0 Å². The fourth-order valence-electron chi connectivity index (χ4n) is 1.65. The van der Waals surface area contributed by atoms with Gasteiger partial charge in [0, 0.05) is 10.0 Å². The van der Waals surface area contributed by atoms with Crippen LogP contribution in [0.4, 0.5) is 10.2 Å². The summed E-state index contributed by atoms with van der Waals surface area (Å²) in [6, 6.07) is 4.03. The molecule has 1 aromatic carbocycles. The predicted octanol–water partition coefficient (Wildman–Crippen LogP) is 2.63. The van der Waals surface area contributed by atoms with Crippen LogP contribution in [0.3, 0.4) is 0 Å². The SMILES string of the molecule is Cc1nc(-c2ccc(F)cc2Br)nc(N)c1C(=O)O. The van der Waals surface area contributed by atoms with Crippen molar-refractivity contribution >= 4 is 27.7 Å². The summed E-state index contributed by atoms with van der Waals surface area (Å²) < 4.78 is 13.5. The number of nitrogens with zero attached hydrogens (tertiary/aromatic N) is 2. The molecule has 1 aromatic heterocycles. The molecule has 0 aliphatic rings. The Balaban J connectivity index is 2.61. The zero-order valence-electron chi connectivity index (χ0n) is 9.82. The Labute approximate surface area is 116 Å². The first-order valence-electron chi connectivity index (χ1n) is 5.23. The first kappa shape index (κ1) is 13.4. The highest BCUT2D eigenvalue weighted by molar-refractivity contribution is 9.10. The van der Waals surface area contributed by atoms with Gasteiger partial charge in [0.1, 0.15) is 17.2 Å². The standard InChI is InChI=1S/C12H9BrFN3O2/c1-5-9(12(18)19)10(15)17-11(16-5)7-3-2-6(14)4-8(7)13/h2-4H,1H3,(H,18,19)(H2,15,16,17). The van der Waals surface area contributed by atoms with Crippen molar-refractivity contribution in [3.05, 3.63) is 39.7 Å². The van der Waals surface area contributed by atoms with Crippen molar-refractivity contribution in [3.63, 3.8) is 0 Å². The number of hydrogen-bond donors (Lipinski definition) is 2. The van der Waals surface area contributed by atoms with E-state index in [0.29, 0.717) is 10.0 Å². The first-order chi connectivity index (χ1) is 8.90. The number of carboxylic acid groups (broad SMARTS) is 1. The number of nitrogen functional groups attached to an aromatic ring is 1. The number of carbonyl (C=O) groups is 1. The van der Waals surface area contributed by atoms with E-state index in [4.69, 9.17) is 10.8 Å². The lowest BCUT2D eigenvalue weighted by atomic mass is 10.1. The van der Waals surface area contributed by atoms with Gasteiger partial charge in [-0.3, -0.25) is 0 Å². The smallest absolute Gasteiger partial charge is 0.341 e.